The van der Waals surface area contributed by atoms with Gasteiger partial charge < -0.3 is 14.8 Å². The highest BCUT2D eigenvalue weighted by atomic mass is 19.4. The summed E-state index contributed by atoms with van der Waals surface area (Å²) in [5.74, 6) is -5.42. The Balaban J connectivity index is 1.60. The number of carbonyl (C=O) groups excluding carboxylic acids is 2. The van der Waals surface area contributed by atoms with Crippen molar-refractivity contribution in [3.05, 3.63) is 122 Å². The van der Waals surface area contributed by atoms with Gasteiger partial charge in [-0.05, 0) is 72.9 Å². The van der Waals surface area contributed by atoms with E-state index in [9.17, 15) is 45.1 Å². The summed E-state index contributed by atoms with van der Waals surface area (Å²) in [6, 6.07) is 5.52. The summed E-state index contributed by atoms with van der Waals surface area (Å²) >= 11 is 0. The Morgan fingerprint density at radius 2 is 1.66 bits per heavy atom. The maximum atomic E-state index is 16.2. The van der Waals surface area contributed by atoms with E-state index in [4.69, 9.17) is 9.47 Å². The second kappa shape index (κ2) is 15.7. The standard InChI is InChI=1S/C39H34F9N3O5/c1-3-55-33(53)15-30-26-12-23(13-28(35(26)42)39(46,47)48)34-20(2)5-4-6-31(34)56-19-21-7-8-29(41)25(11-21)36(37(54)49-30)51-16-22(9-10-50-17-24(40)18-50)27(14-32(51)52)38(43,44)45/h4-8,11-14,16,24,30,36H,3,9-10,15,17-19H2,1-2H3,(H,49,54)/t30-,36?/m0/s1. The molecule has 298 valence electrons. The molecule has 6 rings (SSSR count). The number of halogens is 9. The minimum Gasteiger partial charge on any atom is -0.488 e. The quantitative estimate of drug-likeness (QED) is 0.153. The molecular weight excluding hydrogens is 761 g/mol. The van der Waals surface area contributed by atoms with E-state index in [1.165, 1.54) is 24.0 Å². The minimum atomic E-state index is -5.29. The van der Waals surface area contributed by atoms with E-state index in [1.54, 1.807) is 19.1 Å². The number of nitrogens with one attached hydrogen (secondary N) is 1. The number of pyridine rings is 1. The molecule has 3 heterocycles. The second-order valence-electron chi connectivity index (χ2n) is 13.6. The number of rotatable bonds is 7. The summed E-state index contributed by atoms with van der Waals surface area (Å²) in [7, 11) is 0. The highest BCUT2D eigenvalue weighted by Crippen LogP contribution is 2.42. The average molecular weight is 796 g/mol. The first-order valence-corrected chi connectivity index (χ1v) is 17.4. The van der Waals surface area contributed by atoms with Crippen LogP contribution >= 0.6 is 0 Å². The summed E-state index contributed by atoms with van der Waals surface area (Å²) in [5.41, 5.74) is -5.95. The molecule has 0 radical (unpaired) electrons. The van der Waals surface area contributed by atoms with Gasteiger partial charge in [0.05, 0.1) is 30.2 Å². The molecule has 4 aromatic rings. The first-order valence-electron chi connectivity index (χ1n) is 17.4. The van der Waals surface area contributed by atoms with Gasteiger partial charge in [0.2, 0.25) is 5.91 Å². The number of alkyl halides is 7. The van der Waals surface area contributed by atoms with Crippen molar-refractivity contribution in [2.24, 2.45) is 0 Å². The van der Waals surface area contributed by atoms with Crippen molar-refractivity contribution in [2.45, 2.75) is 63.9 Å². The molecule has 1 amide bonds. The predicted octanol–water partition coefficient (Wildman–Crippen LogP) is 7.63. The Morgan fingerprint density at radius 3 is 2.32 bits per heavy atom. The van der Waals surface area contributed by atoms with Crippen LogP contribution in [0.1, 0.15) is 64.4 Å². The number of hydrogen-bond donors (Lipinski definition) is 1. The van der Waals surface area contributed by atoms with Crippen LogP contribution in [0, 0.1) is 18.6 Å². The van der Waals surface area contributed by atoms with Crippen molar-refractivity contribution in [2.75, 3.05) is 26.2 Å². The molecule has 1 N–H and O–H groups in total. The number of carbonyl (C=O) groups is 2. The van der Waals surface area contributed by atoms with Crippen LogP contribution in [0.25, 0.3) is 11.1 Å². The maximum absolute atomic E-state index is 16.2. The van der Waals surface area contributed by atoms with Gasteiger partial charge in [-0.2, -0.15) is 26.3 Å². The number of fused-ring (bicyclic) bond motifs is 6. The molecule has 2 atom stereocenters. The molecule has 1 saturated heterocycles. The Labute approximate surface area is 313 Å². The van der Waals surface area contributed by atoms with E-state index in [0.717, 1.165) is 24.4 Å². The topological polar surface area (TPSA) is 89.9 Å². The molecule has 3 aromatic carbocycles. The lowest BCUT2D eigenvalue weighted by Crippen LogP contribution is -2.49. The third kappa shape index (κ3) is 8.41. The Kier molecular flexibility index (Phi) is 11.3. The van der Waals surface area contributed by atoms with Crippen molar-refractivity contribution >= 4 is 11.9 Å². The molecule has 2 aliphatic rings. The summed E-state index contributed by atoms with van der Waals surface area (Å²) in [6.45, 7) is 2.26. The number of hydrogen-bond acceptors (Lipinski definition) is 6. The van der Waals surface area contributed by atoms with Gasteiger partial charge in [0.25, 0.3) is 5.56 Å². The van der Waals surface area contributed by atoms with Gasteiger partial charge in [-0.25, -0.2) is 13.2 Å². The van der Waals surface area contributed by atoms with Crippen LogP contribution < -0.4 is 15.6 Å². The largest absolute Gasteiger partial charge is 0.488 e. The molecule has 17 heteroatoms. The van der Waals surface area contributed by atoms with Gasteiger partial charge in [0.15, 0.2) is 0 Å². The summed E-state index contributed by atoms with van der Waals surface area (Å²) in [6.07, 6.45) is -12.1. The number of amides is 1. The number of likely N-dealkylation sites (tertiary alicyclic amines) is 1. The number of ether oxygens (including phenoxy) is 2. The third-order valence-corrected chi connectivity index (χ3v) is 9.65. The van der Waals surface area contributed by atoms with Gasteiger partial charge >= 0.3 is 18.3 Å². The van der Waals surface area contributed by atoms with Crippen LogP contribution in [-0.2, 0) is 39.7 Å². The van der Waals surface area contributed by atoms with Gasteiger partial charge in [0.1, 0.15) is 36.2 Å². The van der Waals surface area contributed by atoms with Crippen LogP contribution in [-0.4, -0.2) is 53.8 Å². The van der Waals surface area contributed by atoms with E-state index >= 15 is 8.78 Å². The van der Waals surface area contributed by atoms with Crippen LogP contribution in [0.4, 0.5) is 39.5 Å². The van der Waals surface area contributed by atoms with Crippen LogP contribution in [0.15, 0.2) is 65.6 Å². The zero-order chi connectivity index (χ0) is 40.7. The van der Waals surface area contributed by atoms with Gasteiger partial charge in [-0.15, -0.1) is 0 Å². The second-order valence-corrected chi connectivity index (χ2v) is 13.6. The lowest BCUT2D eigenvalue weighted by molar-refractivity contribution is -0.144. The van der Waals surface area contributed by atoms with Crippen molar-refractivity contribution < 1.29 is 58.6 Å². The fourth-order valence-electron chi connectivity index (χ4n) is 6.95. The average Bonchev–Trinajstić information content (AvgIpc) is 3.09. The molecule has 8 nitrogen and oxygen atoms in total. The summed E-state index contributed by atoms with van der Waals surface area (Å²) in [5, 5.41) is 2.30. The van der Waals surface area contributed by atoms with Crippen LogP contribution in [0.5, 0.6) is 5.75 Å². The molecule has 56 heavy (non-hydrogen) atoms. The summed E-state index contributed by atoms with van der Waals surface area (Å²) in [4.78, 5) is 42.5. The first-order chi connectivity index (χ1) is 26.3. The number of esters is 1. The Hall–Kier alpha value is -5.32. The van der Waals surface area contributed by atoms with Crippen LogP contribution in [0.2, 0.25) is 0 Å². The Bertz CT molecular complexity index is 2210. The third-order valence-electron chi connectivity index (χ3n) is 9.65. The van der Waals surface area contributed by atoms with Gasteiger partial charge in [-0.1, -0.05) is 18.2 Å². The lowest BCUT2D eigenvalue weighted by Gasteiger charge is -2.34. The molecule has 0 spiro atoms. The molecule has 1 unspecified atom stereocenters. The van der Waals surface area contributed by atoms with Gasteiger partial charge in [-0.3, -0.25) is 23.9 Å². The molecule has 2 aliphatic heterocycles. The maximum Gasteiger partial charge on any atom is 0.419 e. The Morgan fingerprint density at radius 1 is 0.946 bits per heavy atom. The van der Waals surface area contributed by atoms with E-state index in [1.807, 2.05) is 0 Å². The summed E-state index contributed by atoms with van der Waals surface area (Å²) < 4.78 is 143. The van der Waals surface area contributed by atoms with Crippen molar-refractivity contribution in [3.8, 4) is 16.9 Å². The van der Waals surface area contributed by atoms with E-state index in [0.29, 0.717) is 16.2 Å². The molecule has 1 fully saturated rings. The fourth-order valence-corrected chi connectivity index (χ4v) is 6.95. The highest BCUT2D eigenvalue weighted by Gasteiger charge is 2.40. The first kappa shape index (κ1) is 40.3. The van der Waals surface area contributed by atoms with E-state index in [-0.39, 0.29) is 67.8 Å². The van der Waals surface area contributed by atoms with E-state index in [2.05, 4.69) is 5.32 Å². The zero-order valence-corrected chi connectivity index (χ0v) is 29.8. The smallest absolute Gasteiger partial charge is 0.419 e. The lowest BCUT2D eigenvalue weighted by atomic mass is 9.91. The predicted molar refractivity (Wildman–Crippen MR) is 183 cm³/mol. The molecule has 0 aliphatic carbocycles. The number of aromatic nitrogens is 1. The minimum absolute atomic E-state index is 0.0334. The molecule has 4 bridgehead atoms. The van der Waals surface area contributed by atoms with Crippen molar-refractivity contribution in [1.82, 2.24) is 14.8 Å². The molecular formula is C39H34F9N3O5. The zero-order valence-electron chi connectivity index (χ0n) is 29.8. The SMILES string of the molecule is CCOC(=O)C[C@@H]1NC(=O)C(n2cc(CCN3CC(F)C3)c(C(F)(F)F)cc2=O)c2cc(ccc2F)COc2cccc(C)c2-c2cc1c(F)c(C(F)(F)F)c2. The monoisotopic (exact) mass is 795 g/mol. The fraction of sp³-hybridized carbons (Fsp3) is 0.359. The van der Waals surface area contributed by atoms with Gasteiger partial charge in [0, 0.05) is 48.6 Å². The normalized spacial score (nSPS) is 17.9. The van der Waals surface area contributed by atoms with E-state index < -0.39 is 93.9 Å². The molecule has 1 aromatic heterocycles. The van der Waals surface area contributed by atoms with Crippen molar-refractivity contribution in [3.63, 3.8) is 0 Å². The number of nitrogens with zero attached hydrogens (tertiary/aromatic N) is 2. The highest BCUT2D eigenvalue weighted by molar-refractivity contribution is 5.85. The number of benzene rings is 3. The number of aryl methyl sites for hydroxylation is 1. The van der Waals surface area contributed by atoms with Crippen LogP contribution in [0.3, 0.4) is 0 Å². The van der Waals surface area contributed by atoms with Crippen molar-refractivity contribution in [1.29, 1.82) is 0 Å². The molecule has 0 saturated carbocycles.